The minimum Gasteiger partial charge on any atom is -0.393 e. The van der Waals surface area contributed by atoms with Gasteiger partial charge in [-0.3, -0.25) is 0 Å². The summed E-state index contributed by atoms with van der Waals surface area (Å²) < 4.78 is 0. The monoisotopic (exact) mass is 222 g/mol. The van der Waals surface area contributed by atoms with Gasteiger partial charge in [-0.15, -0.1) is 0 Å². The molecule has 0 aromatic carbocycles. The fourth-order valence-corrected chi connectivity index (χ4v) is 5.17. The molecule has 16 heavy (non-hydrogen) atoms. The molecule has 0 aromatic heterocycles. The number of aliphatic hydroxyl groups excluding tert-OH is 1. The minimum atomic E-state index is 0.0122. The molecule has 0 radical (unpaired) electrons. The zero-order valence-corrected chi connectivity index (χ0v) is 10.6. The van der Waals surface area contributed by atoms with Crippen molar-refractivity contribution in [3.63, 3.8) is 0 Å². The van der Waals surface area contributed by atoms with Crippen LogP contribution in [0.25, 0.3) is 0 Å². The summed E-state index contributed by atoms with van der Waals surface area (Å²) in [5.41, 5.74) is 0.586. The topological polar surface area (TPSA) is 20.2 Å². The molecule has 0 bridgehead atoms. The van der Waals surface area contributed by atoms with E-state index >= 15 is 0 Å². The van der Waals surface area contributed by atoms with E-state index in [1.807, 2.05) is 0 Å². The highest BCUT2D eigenvalue weighted by molar-refractivity contribution is 5.00. The Hall–Kier alpha value is -0.0400. The van der Waals surface area contributed by atoms with Crippen molar-refractivity contribution in [2.75, 3.05) is 0 Å². The van der Waals surface area contributed by atoms with Crippen molar-refractivity contribution < 1.29 is 5.11 Å². The van der Waals surface area contributed by atoms with Gasteiger partial charge >= 0.3 is 0 Å². The van der Waals surface area contributed by atoms with Gasteiger partial charge in [0.1, 0.15) is 0 Å². The van der Waals surface area contributed by atoms with Crippen molar-refractivity contribution in [1.29, 1.82) is 0 Å². The Labute approximate surface area is 99.6 Å². The fourth-order valence-electron chi connectivity index (χ4n) is 5.17. The fraction of sp³-hybridized carbons (Fsp3) is 1.00. The average Bonchev–Trinajstić information content (AvgIpc) is 2.31. The Morgan fingerprint density at radius 1 is 1.00 bits per heavy atom. The van der Waals surface area contributed by atoms with Gasteiger partial charge in [0.2, 0.25) is 0 Å². The van der Waals surface area contributed by atoms with Crippen LogP contribution in [0.3, 0.4) is 0 Å². The van der Waals surface area contributed by atoms with E-state index in [1.54, 1.807) is 0 Å². The minimum absolute atomic E-state index is 0.0122. The number of fused-ring (bicyclic) bond motifs is 3. The first-order chi connectivity index (χ1) is 7.70. The largest absolute Gasteiger partial charge is 0.393 e. The molecule has 5 atom stereocenters. The number of aliphatic hydroxyl groups is 1. The van der Waals surface area contributed by atoms with E-state index < -0.39 is 0 Å². The Kier molecular flexibility index (Phi) is 2.78. The van der Waals surface area contributed by atoms with E-state index in [4.69, 9.17) is 0 Å². The third-order valence-electron chi connectivity index (χ3n) is 6.15. The molecular formula is C15H26O. The van der Waals surface area contributed by atoms with Crippen LogP contribution in [0.15, 0.2) is 0 Å². The maximum Gasteiger partial charge on any atom is 0.0543 e. The lowest BCUT2D eigenvalue weighted by Gasteiger charge is -2.56. The van der Waals surface area contributed by atoms with E-state index in [9.17, 15) is 5.11 Å². The summed E-state index contributed by atoms with van der Waals surface area (Å²) in [6.07, 6.45) is 12.2. The molecule has 0 aromatic rings. The third-order valence-corrected chi connectivity index (χ3v) is 6.15. The Morgan fingerprint density at radius 3 is 2.69 bits per heavy atom. The highest BCUT2D eigenvalue weighted by Gasteiger charge is 2.50. The van der Waals surface area contributed by atoms with Gasteiger partial charge in [0, 0.05) is 0 Å². The van der Waals surface area contributed by atoms with Crippen molar-refractivity contribution in [3.8, 4) is 0 Å². The van der Waals surface area contributed by atoms with Crippen LogP contribution in [0.5, 0.6) is 0 Å². The van der Waals surface area contributed by atoms with Gasteiger partial charge in [-0.1, -0.05) is 26.2 Å². The maximum atomic E-state index is 9.86. The highest BCUT2D eigenvalue weighted by Crippen LogP contribution is 2.58. The van der Waals surface area contributed by atoms with E-state index in [0.717, 1.165) is 30.6 Å². The molecule has 2 unspecified atom stereocenters. The number of hydrogen-bond acceptors (Lipinski definition) is 1. The van der Waals surface area contributed by atoms with Crippen LogP contribution < -0.4 is 0 Å². The summed E-state index contributed by atoms with van der Waals surface area (Å²) in [5, 5.41) is 9.86. The smallest absolute Gasteiger partial charge is 0.0543 e. The predicted molar refractivity (Wildman–Crippen MR) is 66.1 cm³/mol. The maximum absolute atomic E-state index is 9.86. The van der Waals surface area contributed by atoms with Crippen LogP contribution in [-0.2, 0) is 0 Å². The molecule has 1 N–H and O–H groups in total. The lowest BCUT2D eigenvalue weighted by Crippen LogP contribution is -2.48. The molecule has 1 heteroatoms. The Bertz CT molecular complexity index is 262. The summed E-state index contributed by atoms with van der Waals surface area (Å²) >= 11 is 0. The third kappa shape index (κ3) is 1.63. The van der Waals surface area contributed by atoms with Gasteiger partial charge in [-0.2, -0.15) is 0 Å². The van der Waals surface area contributed by atoms with Gasteiger partial charge in [-0.25, -0.2) is 0 Å². The molecule has 0 heterocycles. The van der Waals surface area contributed by atoms with Crippen LogP contribution in [0.2, 0.25) is 0 Å². The first kappa shape index (κ1) is 11.1. The summed E-state index contributed by atoms with van der Waals surface area (Å²) in [7, 11) is 0. The highest BCUT2D eigenvalue weighted by atomic mass is 16.3. The standard InChI is InChI=1S/C15H26O/c1-15-9-8-13(16)10-12(15)7-6-11-4-2-3-5-14(11)15/h11-14,16H,2-10H2,1H3/t11?,12-,13-,14?,15+/m0/s1. The molecule has 0 spiro atoms. The average molecular weight is 222 g/mol. The van der Waals surface area contributed by atoms with Gasteiger partial charge in [0.25, 0.3) is 0 Å². The Morgan fingerprint density at radius 2 is 1.81 bits per heavy atom. The van der Waals surface area contributed by atoms with Gasteiger partial charge in [0.05, 0.1) is 6.10 Å². The van der Waals surface area contributed by atoms with Gasteiger partial charge in [-0.05, 0) is 61.7 Å². The zero-order valence-electron chi connectivity index (χ0n) is 10.6. The van der Waals surface area contributed by atoms with Crippen molar-refractivity contribution in [1.82, 2.24) is 0 Å². The second-order valence-electron chi connectivity index (χ2n) is 6.86. The molecule has 0 saturated heterocycles. The molecule has 3 rings (SSSR count). The summed E-state index contributed by atoms with van der Waals surface area (Å²) in [6, 6.07) is 0. The van der Waals surface area contributed by atoms with Crippen LogP contribution in [0.4, 0.5) is 0 Å². The number of hydrogen-bond donors (Lipinski definition) is 1. The first-order valence-electron chi connectivity index (χ1n) is 7.38. The zero-order chi connectivity index (χ0) is 11.2. The summed E-state index contributed by atoms with van der Waals surface area (Å²) in [6.45, 7) is 2.55. The molecule has 92 valence electrons. The molecular weight excluding hydrogens is 196 g/mol. The molecule has 0 aliphatic heterocycles. The van der Waals surface area contributed by atoms with E-state index in [2.05, 4.69) is 6.92 Å². The van der Waals surface area contributed by atoms with Crippen LogP contribution in [0, 0.1) is 23.2 Å². The SMILES string of the molecule is C[C@@]12CC[C@H](O)C[C@@H]1CCC1CCCCC12. The van der Waals surface area contributed by atoms with Crippen LogP contribution >= 0.6 is 0 Å². The molecule has 0 amide bonds. The van der Waals surface area contributed by atoms with E-state index in [0.29, 0.717) is 5.41 Å². The molecule has 1 nitrogen and oxygen atoms in total. The molecule has 3 aliphatic carbocycles. The second-order valence-corrected chi connectivity index (χ2v) is 6.86. The summed E-state index contributed by atoms with van der Waals surface area (Å²) in [4.78, 5) is 0. The summed E-state index contributed by atoms with van der Waals surface area (Å²) in [5.74, 6) is 2.85. The lowest BCUT2D eigenvalue weighted by molar-refractivity contribution is -0.0838. The number of rotatable bonds is 0. The quantitative estimate of drug-likeness (QED) is 0.662. The Balaban J connectivity index is 1.82. The first-order valence-corrected chi connectivity index (χ1v) is 7.38. The van der Waals surface area contributed by atoms with Crippen molar-refractivity contribution >= 4 is 0 Å². The van der Waals surface area contributed by atoms with Gasteiger partial charge in [0.15, 0.2) is 0 Å². The van der Waals surface area contributed by atoms with Crippen LogP contribution in [-0.4, -0.2) is 11.2 Å². The normalized spacial score (nSPS) is 52.9. The van der Waals surface area contributed by atoms with Gasteiger partial charge < -0.3 is 5.11 Å². The molecule has 3 saturated carbocycles. The van der Waals surface area contributed by atoms with Crippen molar-refractivity contribution in [2.45, 2.75) is 70.8 Å². The second kappa shape index (κ2) is 4.01. The van der Waals surface area contributed by atoms with E-state index in [-0.39, 0.29) is 6.10 Å². The van der Waals surface area contributed by atoms with Crippen LogP contribution in [0.1, 0.15) is 64.7 Å². The lowest BCUT2D eigenvalue weighted by atomic mass is 9.49. The molecule has 3 fully saturated rings. The molecule has 3 aliphatic rings. The predicted octanol–water partition coefficient (Wildman–Crippen LogP) is 3.75. The van der Waals surface area contributed by atoms with E-state index in [1.165, 1.54) is 44.9 Å². The van der Waals surface area contributed by atoms with Crippen molar-refractivity contribution in [3.05, 3.63) is 0 Å². The van der Waals surface area contributed by atoms with Crippen molar-refractivity contribution in [2.24, 2.45) is 23.2 Å².